The van der Waals surface area contributed by atoms with Gasteiger partial charge in [-0.3, -0.25) is 14.6 Å². The van der Waals surface area contributed by atoms with Gasteiger partial charge in [-0.05, 0) is 29.8 Å². The van der Waals surface area contributed by atoms with Crippen LogP contribution >= 0.6 is 0 Å². The first-order chi connectivity index (χ1) is 11.6. The Balaban J connectivity index is 1.88. The van der Waals surface area contributed by atoms with E-state index in [4.69, 9.17) is 4.42 Å². The fraction of sp³-hybridized carbons (Fsp3) is 0.176. The summed E-state index contributed by atoms with van der Waals surface area (Å²) in [5, 5.41) is 4.03. The van der Waals surface area contributed by atoms with Crippen LogP contribution in [0.25, 0.3) is 0 Å². The van der Waals surface area contributed by atoms with Crippen LogP contribution in [0.2, 0.25) is 0 Å². The van der Waals surface area contributed by atoms with Gasteiger partial charge >= 0.3 is 0 Å². The number of nitrogens with zero attached hydrogens (tertiary/aromatic N) is 4. The van der Waals surface area contributed by atoms with Crippen molar-refractivity contribution in [1.29, 1.82) is 0 Å². The Hall–Kier alpha value is -3.22. The van der Waals surface area contributed by atoms with Crippen LogP contribution in [0.3, 0.4) is 0 Å². The van der Waals surface area contributed by atoms with Crippen molar-refractivity contribution in [3.05, 3.63) is 82.4 Å². The van der Waals surface area contributed by atoms with Crippen molar-refractivity contribution in [2.45, 2.75) is 13.1 Å². The zero-order valence-corrected chi connectivity index (χ0v) is 13.1. The first-order valence-electron chi connectivity index (χ1n) is 7.38. The molecule has 3 heterocycles. The van der Waals surface area contributed by atoms with Crippen LogP contribution in [0.5, 0.6) is 0 Å². The zero-order valence-electron chi connectivity index (χ0n) is 13.1. The van der Waals surface area contributed by atoms with Crippen LogP contribution in [0.4, 0.5) is 0 Å². The number of rotatable bonds is 5. The third-order valence-corrected chi connectivity index (χ3v) is 3.49. The maximum Gasteiger partial charge on any atom is 0.275 e. The van der Waals surface area contributed by atoms with Crippen molar-refractivity contribution in [2.24, 2.45) is 7.05 Å². The number of amides is 1. The lowest BCUT2D eigenvalue weighted by atomic mass is 10.2. The highest BCUT2D eigenvalue weighted by Gasteiger charge is 2.19. The summed E-state index contributed by atoms with van der Waals surface area (Å²) in [6.45, 7) is 0.656. The molecule has 0 aromatic carbocycles. The van der Waals surface area contributed by atoms with E-state index in [1.54, 1.807) is 35.7 Å². The Morgan fingerprint density at radius 1 is 1.21 bits per heavy atom. The molecule has 1 amide bonds. The van der Waals surface area contributed by atoms with Gasteiger partial charge in [0.2, 0.25) is 0 Å². The lowest BCUT2D eigenvalue weighted by molar-refractivity contribution is 0.0709. The van der Waals surface area contributed by atoms with Gasteiger partial charge in [-0.2, -0.15) is 5.10 Å². The summed E-state index contributed by atoms with van der Waals surface area (Å²) in [4.78, 5) is 30.0. The van der Waals surface area contributed by atoms with Crippen LogP contribution in [0, 0.1) is 0 Å². The molecular formula is C17H16N4O3. The Kier molecular flexibility index (Phi) is 4.51. The topological polar surface area (TPSA) is 81.2 Å². The van der Waals surface area contributed by atoms with Gasteiger partial charge in [0.1, 0.15) is 11.5 Å². The number of pyridine rings is 1. The van der Waals surface area contributed by atoms with Crippen molar-refractivity contribution in [1.82, 2.24) is 19.7 Å². The van der Waals surface area contributed by atoms with Gasteiger partial charge in [-0.25, -0.2) is 4.68 Å². The van der Waals surface area contributed by atoms with Crippen molar-refractivity contribution in [2.75, 3.05) is 0 Å². The lowest BCUT2D eigenvalue weighted by Crippen LogP contribution is -2.32. The summed E-state index contributed by atoms with van der Waals surface area (Å²) in [5.41, 5.74) is 0.825. The largest absolute Gasteiger partial charge is 0.467 e. The second-order valence-corrected chi connectivity index (χ2v) is 5.28. The Labute approximate surface area is 138 Å². The molecule has 0 atom stereocenters. The summed E-state index contributed by atoms with van der Waals surface area (Å²) >= 11 is 0. The highest BCUT2D eigenvalue weighted by atomic mass is 16.3. The highest BCUT2D eigenvalue weighted by molar-refractivity contribution is 5.92. The number of carbonyl (C=O) groups excluding carboxylic acids is 1. The van der Waals surface area contributed by atoms with Gasteiger partial charge in [0.15, 0.2) is 0 Å². The van der Waals surface area contributed by atoms with E-state index in [1.165, 1.54) is 19.2 Å². The molecule has 24 heavy (non-hydrogen) atoms. The molecular weight excluding hydrogens is 308 g/mol. The van der Waals surface area contributed by atoms with Crippen LogP contribution in [-0.4, -0.2) is 25.6 Å². The fourth-order valence-electron chi connectivity index (χ4n) is 2.28. The zero-order chi connectivity index (χ0) is 16.9. The number of carbonyl (C=O) groups is 1. The normalized spacial score (nSPS) is 10.5. The predicted octanol–water partition coefficient (Wildman–Crippen LogP) is 1.61. The first kappa shape index (κ1) is 15.7. The smallest absolute Gasteiger partial charge is 0.275 e. The van der Waals surface area contributed by atoms with Crippen LogP contribution in [0.15, 0.2) is 64.3 Å². The van der Waals surface area contributed by atoms with E-state index >= 15 is 0 Å². The molecule has 0 aliphatic heterocycles. The fourth-order valence-corrected chi connectivity index (χ4v) is 2.28. The third-order valence-electron chi connectivity index (χ3n) is 3.49. The van der Waals surface area contributed by atoms with Crippen molar-refractivity contribution < 1.29 is 9.21 Å². The van der Waals surface area contributed by atoms with Crippen molar-refractivity contribution >= 4 is 5.91 Å². The van der Waals surface area contributed by atoms with E-state index in [-0.39, 0.29) is 17.2 Å². The highest BCUT2D eigenvalue weighted by Crippen LogP contribution is 2.13. The number of furan rings is 1. The molecule has 0 N–H and O–H groups in total. The molecule has 0 fully saturated rings. The molecule has 122 valence electrons. The molecule has 0 aliphatic carbocycles. The molecule has 0 saturated heterocycles. The van der Waals surface area contributed by atoms with E-state index in [0.717, 1.165) is 10.2 Å². The van der Waals surface area contributed by atoms with E-state index in [2.05, 4.69) is 10.1 Å². The van der Waals surface area contributed by atoms with E-state index in [1.807, 2.05) is 12.1 Å². The summed E-state index contributed by atoms with van der Waals surface area (Å²) in [6.07, 6.45) is 4.94. The quantitative estimate of drug-likeness (QED) is 0.712. The van der Waals surface area contributed by atoms with E-state index in [9.17, 15) is 9.59 Å². The molecule has 0 saturated carbocycles. The summed E-state index contributed by atoms with van der Waals surface area (Å²) in [5.74, 6) is 0.378. The van der Waals surface area contributed by atoms with Crippen LogP contribution in [0.1, 0.15) is 21.8 Å². The molecule has 7 nitrogen and oxygen atoms in total. The predicted molar refractivity (Wildman–Crippen MR) is 86.0 cm³/mol. The molecule has 0 spiro atoms. The maximum atomic E-state index is 12.8. The minimum atomic E-state index is -0.286. The second-order valence-electron chi connectivity index (χ2n) is 5.28. The summed E-state index contributed by atoms with van der Waals surface area (Å²) < 4.78 is 6.49. The average Bonchev–Trinajstić information content (AvgIpc) is 3.10. The summed E-state index contributed by atoms with van der Waals surface area (Å²) in [6, 6.07) is 10.0. The van der Waals surface area contributed by atoms with Gasteiger partial charge in [-0.1, -0.05) is 6.07 Å². The monoisotopic (exact) mass is 324 g/mol. The molecule has 0 radical (unpaired) electrons. The molecule has 0 bridgehead atoms. The SMILES string of the molecule is Cn1nc(C(=O)N(Cc2cccnc2)Cc2ccco2)ccc1=O. The molecule has 0 aliphatic rings. The molecule has 3 rings (SSSR count). The minimum absolute atomic E-state index is 0.201. The van der Waals surface area contributed by atoms with Gasteiger partial charge in [-0.15, -0.1) is 0 Å². The van der Waals surface area contributed by atoms with E-state index < -0.39 is 0 Å². The lowest BCUT2D eigenvalue weighted by Gasteiger charge is -2.21. The van der Waals surface area contributed by atoms with Crippen molar-refractivity contribution in [3.8, 4) is 0 Å². The molecule has 3 aromatic heterocycles. The van der Waals surface area contributed by atoms with Gasteiger partial charge in [0.05, 0.1) is 12.8 Å². The number of hydrogen-bond donors (Lipinski definition) is 0. The van der Waals surface area contributed by atoms with E-state index in [0.29, 0.717) is 18.8 Å². The van der Waals surface area contributed by atoms with Gasteiger partial charge < -0.3 is 9.32 Å². The summed E-state index contributed by atoms with van der Waals surface area (Å²) in [7, 11) is 1.51. The first-order valence-corrected chi connectivity index (χ1v) is 7.38. The standard InChI is InChI=1S/C17H16N4O3/c1-20-16(22)7-6-15(19-20)17(23)21(12-14-5-3-9-24-14)11-13-4-2-8-18-10-13/h2-10H,11-12H2,1H3. The number of hydrogen-bond acceptors (Lipinski definition) is 5. The Bertz CT molecular complexity index is 872. The third kappa shape index (κ3) is 3.57. The van der Waals surface area contributed by atoms with Gasteiger partial charge in [0.25, 0.3) is 11.5 Å². The molecule has 0 unspecified atom stereocenters. The van der Waals surface area contributed by atoms with Crippen LogP contribution in [-0.2, 0) is 20.1 Å². The Morgan fingerprint density at radius 3 is 2.75 bits per heavy atom. The minimum Gasteiger partial charge on any atom is -0.467 e. The average molecular weight is 324 g/mol. The molecule has 3 aromatic rings. The van der Waals surface area contributed by atoms with Gasteiger partial charge in [0, 0.05) is 32.1 Å². The number of aromatic nitrogens is 3. The Morgan fingerprint density at radius 2 is 2.08 bits per heavy atom. The van der Waals surface area contributed by atoms with Crippen molar-refractivity contribution in [3.63, 3.8) is 0 Å². The van der Waals surface area contributed by atoms with Crippen LogP contribution < -0.4 is 5.56 Å². The second kappa shape index (κ2) is 6.91. The molecule has 7 heteroatoms. The number of aryl methyl sites for hydroxylation is 1. The maximum absolute atomic E-state index is 12.8.